The Morgan fingerprint density at radius 3 is 3.11 bits per heavy atom. The predicted octanol–water partition coefficient (Wildman–Crippen LogP) is 0.857. The second-order valence-corrected chi connectivity index (χ2v) is 4.46. The summed E-state index contributed by atoms with van der Waals surface area (Å²) in [5.41, 5.74) is 6.32. The van der Waals surface area contributed by atoms with Gasteiger partial charge in [-0.2, -0.15) is 0 Å². The van der Waals surface area contributed by atoms with Crippen molar-refractivity contribution in [2.45, 2.75) is 6.04 Å². The molecule has 100 valence electrons. The van der Waals surface area contributed by atoms with Crippen molar-refractivity contribution in [1.29, 1.82) is 0 Å². The largest absolute Gasteiger partial charge is 0.478 e. The Hall–Kier alpha value is -2.15. The number of hydrogen-bond donors (Lipinski definition) is 2. The molecule has 6 nitrogen and oxygen atoms in total. The number of carbonyl (C=O) groups is 1. The van der Waals surface area contributed by atoms with E-state index in [4.69, 9.17) is 15.6 Å². The average molecular weight is 265 g/mol. The smallest absolute Gasteiger partial charge is 0.335 e. The molecule has 2 aliphatic heterocycles. The van der Waals surface area contributed by atoms with Crippen molar-refractivity contribution in [2.75, 3.05) is 19.8 Å². The van der Waals surface area contributed by atoms with Gasteiger partial charge in [0.2, 0.25) is 0 Å². The van der Waals surface area contributed by atoms with E-state index >= 15 is 0 Å². The number of carboxylic acids is 1. The Balaban J connectivity index is 2.17. The number of carboxylic acid groups (broad SMARTS) is 1. The quantitative estimate of drug-likeness (QED) is 0.786. The van der Waals surface area contributed by atoms with E-state index in [2.05, 4.69) is 4.99 Å². The maximum atomic E-state index is 13.9. The van der Waals surface area contributed by atoms with Crippen LogP contribution in [0.15, 0.2) is 17.1 Å². The molecular formula is C12H12FN3O3. The molecule has 3 N–H and O–H groups in total. The van der Waals surface area contributed by atoms with Crippen LogP contribution in [0.25, 0.3) is 0 Å². The SMILES string of the molecule is NC1=Nc2c(F)cc(C(=O)O)cc2[C@H]2COCCN12. The van der Waals surface area contributed by atoms with E-state index in [0.29, 0.717) is 25.3 Å². The molecule has 1 fully saturated rings. The summed E-state index contributed by atoms with van der Waals surface area (Å²) in [5, 5.41) is 8.99. The molecule has 19 heavy (non-hydrogen) atoms. The first kappa shape index (κ1) is 11.9. The predicted molar refractivity (Wildman–Crippen MR) is 64.9 cm³/mol. The Labute approximate surface area is 108 Å². The molecule has 1 saturated heterocycles. The Morgan fingerprint density at radius 1 is 1.58 bits per heavy atom. The van der Waals surface area contributed by atoms with Crippen molar-refractivity contribution in [3.05, 3.63) is 29.1 Å². The van der Waals surface area contributed by atoms with E-state index in [1.54, 1.807) is 4.90 Å². The van der Waals surface area contributed by atoms with Crippen LogP contribution in [0.5, 0.6) is 0 Å². The van der Waals surface area contributed by atoms with Gasteiger partial charge in [0, 0.05) is 12.1 Å². The molecule has 0 amide bonds. The van der Waals surface area contributed by atoms with Gasteiger partial charge in [0.15, 0.2) is 5.96 Å². The van der Waals surface area contributed by atoms with Gasteiger partial charge in [0.1, 0.15) is 11.5 Å². The molecule has 0 spiro atoms. The fraction of sp³-hybridized carbons (Fsp3) is 0.333. The highest BCUT2D eigenvalue weighted by molar-refractivity contribution is 5.90. The normalized spacial score (nSPS) is 21.4. The van der Waals surface area contributed by atoms with Gasteiger partial charge in [-0.15, -0.1) is 0 Å². The topological polar surface area (TPSA) is 88.1 Å². The molecule has 2 heterocycles. The third kappa shape index (κ3) is 1.82. The van der Waals surface area contributed by atoms with Gasteiger partial charge in [-0.1, -0.05) is 0 Å². The first-order chi connectivity index (χ1) is 9.08. The van der Waals surface area contributed by atoms with Crippen molar-refractivity contribution < 1.29 is 19.0 Å². The summed E-state index contributed by atoms with van der Waals surface area (Å²) < 4.78 is 19.3. The minimum absolute atomic E-state index is 0.0996. The van der Waals surface area contributed by atoms with Crippen LogP contribution in [-0.4, -0.2) is 41.7 Å². The standard InChI is InChI=1S/C12H12FN3O3/c13-8-4-6(11(17)18)3-7-9-5-19-2-1-16(9)12(14)15-10(7)8/h3-4,9H,1-2,5H2,(H2,14,15)(H,17,18)/t9-/m1/s1. The van der Waals surface area contributed by atoms with Crippen LogP contribution in [0.1, 0.15) is 22.0 Å². The molecule has 1 atom stereocenters. The minimum atomic E-state index is -1.17. The molecular weight excluding hydrogens is 253 g/mol. The van der Waals surface area contributed by atoms with Crippen LogP contribution in [0.2, 0.25) is 0 Å². The van der Waals surface area contributed by atoms with Crippen molar-refractivity contribution >= 4 is 17.6 Å². The summed E-state index contributed by atoms with van der Waals surface area (Å²) in [5.74, 6) is -1.61. The van der Waals surface area contributed by atoms with Gasteiger partial charge in [0.25, 0.3) is 0 Å². The van der Waals surface area contributed by atoms with Gasteiger partial charge in [-0.3, -0.25) is 0 Å². The van der Waals surface area contributed by atoms with Gasteiger partial charge in [-0.05, 0) is 12.1 Å². The first-order valence-corrected chi connectivity index (χ1v) is 5.83. The zero-order valence-electron chi connectivity index (χ0n) is 9.97. The highest BCUT2D eigenvalue weighted by Crippen LogP contribution is 2.38. The van der Waals surface area contributed by atoms with E-state index in [9.17, 15) is 9.18 Å². The van der Waals surface area contributed by atoms with E-state index in [0.717, 1.165) is 6.07 Å². The summed E-state index contributed by atoms with van der Waals surface area (Å²) >= 11 is 0. The Morgan fingerprint density at radius 2 is 2.37 bits per heavy atom. The molecule has 0 saturated carbocycles. The van der Waals surface area contributed by atoms with Crippen LogP contribution in [0.3, 0.4) is 0 Å². The van der Waals surface area contributed by atoms with Crippen molar-refractivity contribution in [3.8, 4) is 0 Å². The molecule has 0 bridgehead atoms. The van der Waals surface area contributed by atoms with Gasteiger partial charge in [0.05, 0.1) is 24.8 Å². The molecule has 0 aliphatic carbocycles. The molecule has 2 aliphatic rings. The van der Waals surface area contributed by atoms with Gasteiger partial charge in [-0.25, -0.2) is 14.2 Å². The van der Waals surface area contributed by atoms with Crippen LogP contribution in [0.4, 0.5) is 10.1 Å². The molecule has 1 aromatic carbocycles. The van der Waals surface area contributed by atoms with E-state index in [-0.39, 0.29) is 23.3 Å². The van der Waals surface area contributed by atoms with Gasteiger partial charge >= 0.3 is 5.97 Å². The number of guanidine groups is 1. The number of morpholine rings is 1. The Bertz CT molecular complexity index is 588. The second-order valence-electron chi connectivity index (χ2n) is 4.46. The zero-order valence-corrected chi connectivity index (χ0v) is 9.97. The number of nitrogens with zero attached hydrogens (tertiary/aromatic N) is 2. The number of fused-ring (bicyclic) bond motifs is 3. The lowest BCUT2D eigenvalue weighted by molar-refractivity contribution is 0.0239. The third-order valence-electron chi connectivity index (χ3n) is 3.35. The van der Waals surface area contributed by atoms with Crippen LogP contribution in [0, 0.1) is 5.82 Å². The zero-order chi connectivity index (χ0) is 13.6. The van der Waals surface area contributed by atoms with Crippen LogP contribution in [-0.2, 0) is 4.74 Å². The van der Waals surface area contributed by atoms with E-state index < -0.39 is 11.8 Å². The molecule has 1 aromatic rings. The van der Waals surface area contributed by atoms with Crippen molar-refractivity contribution in [2.24, 2.45) is 10.7 Å². The van der Waals surface area contributed by atoms with Gasteiger partial charge < -0.3 is 20.5 Å². The number of hydrogen-bond acceptors (Lipinski definition) is 5. The van der Waals surface area contributed by atoms with Crippen molar-refractivity contribution in [3.63, 3.8) is 0 Å². The lowest BCUT2D eigenvalue weighted by Gasteiger charge is -2.39. The molecule has 0 radical (unpaired) electrons. The number of aliphatic imine (C=N–C) groups is 1. The lowest BCUT2D eigenvalue weighted by Crippen LogP contribution is -2.48. The molecule has 7 heteroatoms. The highest BCUT2D eigenvalue weighted by atomic mass is 19.1. The molecule has 3 rings (SSSR count). The monoisotopic (exact) mass is 265 g/mol. The summed E-state index contributed by atoms with van der Waals surface area (Å²) in [6, 6.07) is 2.11. The maximum Gasteiger partial charge on any atom is 0.335 e. The number of benzene rings is 1. The Kier molecular flexibility index (Phi) is 2.63. The highest BCUT2D eigenvalue weighted by Gasteiger charge is 2.33. The van der Waals surface area contributed by atoms with E-state index in [1.165, 1.54) is 6.07 Å². The minimum Gasteiger partial charge on any atom is -0.478 e. The number of halogens is 1. The fourth-order valence-corrected chi connectivity index (χ4v) is 2.43. The summed E-state index contributed by atoms with van der Waals surface area (Å²) in [4.78, 5) is 16.8. The van der Waals surface area contributed by atoms with E-state index in [1.807, 2.05) is 0 Å². The summed E-state index contributed by atoms with van der Waals surface area (Å²) in [6.07, 6.45) is 0. The average Bonchev–Trinajstić information content (AvgIpc) is 2.40. The van der Waals surface area contributed by atoms with Crippen LogP contribution < -0.4 is 5.73 Å². The fourth-order valence-electron chi connectivity index (χ4n) is 2.43. The number of nitrogens with two attached hydrogens (primary N) is 1. The lowest BCUT2D eigenvalue weighted by atomic mass is 9.98. The number of rotatable bonds is 1. The number of ether oxygens (including phenoxy) is 1. The second kappa shape index (κ2) is 4.20. The third-order valence-corrected chi connectivity index (χ3v) is 3.35. The molecule has 0 aromatic heterocycles. The van der Waals surface area contributed by atoms with Crippen LogP contribution >= 0.6 is 0 Å². The van der Waals surface area contributed by atoms with Crippen molar-refractivity contribution in [1.82, 2.24) is 4.90 Å². The number of aromatic carboxylic acids is 1. The first-order valence-electron chi connectivity index (χ1n) is 5.83. The summed E-state index contributed by atoms with van der Waals surface area (Å²) in [6.45, 7) is 1.41. The molecule has 0 unspecified atom stereocenters. The summed E-state index contributed by atoms with van der Waals surface area (Å²) in [7, 11) is 0. The maximum absolute atomic E-state index is 13.9.